The molecule has 0 atom stereocenters. The molecular weight excluding hydrogens is 364 g/mol. The summed E-state index contributed by atoms with van der Waals surface area (Å²) in [6.07, 6.45) is 5.20. The molecule has 28 heavy (non-hydrogen) atoms. The number of hydrogen-bond acceptors (Lipinski definition) is 7. The first-order valence-corrected chi connectivity index (χ1v) is 9.22. The van der Waals surface area contributed by atoms with Gasteiger partial charge in [-0.3, -0.25) is 0 Å². The standard InChI is InChI=1S/C11H20O2.C5H8O3.C5H8O2/c1-4-6-7-8-9-13-11(12)10(3)5-2;1-3-8-5(7)4(2)6;1-4(2)5(6)7-3/h3-9H2,1-2H3;6H,2-3H2,1H3;1H2,2-3H3. The van der Waals surface area contributed by atoms with Crippen LogP contribution in [0.5, 0.6) is 0 Å². The number of aliphatic hydroxyl groups is 1. The van der Waals surface area contributed by atoms with Gasteiger partial charge in [0.15, 0.2) is 5.76 Å². The Hall–Kier alpha value is -2.57. The van der Waals surface area contributed by atoms with Crippen LogP contribution in [0.4, 0.5) is 0 Å². The van der Waals surface area contributed by atoms with Crippen LogP contribution in [0.2, 0.25) is 0 Å². The van der Waals surface area contributed by atoms with Crippen LogP contribution >= 0.6 is 0 Å². The molecule has 0 aromatic rings. The van der Waals surface area contributed by atoms with Crippen LogP contribution in [0, 0.1) is 0 Å². The summed E-state index contributed by atoms with van der Waals surface area (Å²) in [6.45, 7) is 18.0. The molecule has 0 aromatic heterocycles. The van der Waals surface area contributed by atoms with Crippen molar-refractivity contribution >= 4 is 17.9 Å². The third kappa shape index (κ3) is 21.5. The first-order valence-electron chi connectivity index (χ1n) is 9.22. The Morgan fingerprint density at radius 3 is 1.71 bits per heavy atom. The largest absolute Gasteiger partial charge is 0.502 e. The second-order valence-corrected chi connectivity index (χ2v) is 5.59. The van der Waals surface area contributed by atoms with Gasteiger partial charge in [0.1, 0.15) is 0 Å². The molecule has 0 saturated heterocycles. The number of ether oxygens (including phenoxy) is 3. The maximum absolute atomic E-state index is 11.1. The number of carbonyl (C=O) groups excluding carboxylic acids is 3. The Labute approximate surface area is 169 Å². The van der Waals surface area contributed by atoms with Gasteiger partial charge in [0.05, 0.1) is 20.3 Å². The number of esters is 3. The molecule has 0 aliphatic heterocycles. The van der Waals surface area contributed by atoms with E-state index in [1.165, 1.54) is 20.0 Å². The molecule has 0 fully saturated rings. The normalized spacial score (nSPS) is 8.75. The average molecular weight is 401 g/mol. The van der Waals surface area contributed by atoms with Gasteiger partial charge in [-0.05, 0) is 33.3 Å². The van der Waals surface area contributed by atoms with E-state index < -0.39 is 11.7 Å². The molecule has 0 spiro atoms. The Morgan fingerprint density at radius 1 is 0.857 bits per heavy atom. The van der Waals surface area contributed by atoms with E-state index in [4.69, 9.17) is 9.84 Å². The predicted octanol–water partition coefficient (Wildman–Crippen LogP) is 4.43. The summed E-state index contributed by atoms with van der Waals surface area (Å²) in [6, 6.07) is 0. The highest BCUT2D eigenvalue weighted by Crippen LogP contribution is 2.03. The second kappa shape index (κ2) is 20.7. The fourth-order valence-electron chi connectivity index (χ4n) is 1.33. The van der Waals surface area contributed by atoms with E-state index in [2.05, 4.69) is 36.1 Å². The van der Waals surface area contributed by atoms with Gasteiger partial charge in [-0.2, -0.15) is 0 Å². The van der Waals surface area contributed by atoms with Crippen molar-refractivity contribution in [3.8, 4) is 0 Å². The monoisotopic (exact) mass is 400 g/mol. The molecule has 7 nitrogen and oxygen atoms in total. The number of carbonyl (C=O) groups is 3. The molecule has 0 saturated carbocycles. The van der Waals surface area contributed by atoms with Gasteiger partial charge in [0.2, 0.25) is 0 Å². The second-order valence-electron chi connectivity index (χ2n) is 5.59. The molecule has 7 heteroatoms. The van der Waals surface area contributed by atoms with E-state index in [-0.39, 0.29) is 18.5 Å². The number of aliphatic hydroxyl groups excluding tert-OH is 1. The van der Waals surface area contributed by atoms with Gasteiger partial charge in [-0.25, -0.2) is 14.4 Å². The third-order valence-corrected chi connectivity index (χ3v) is 2.99. The highest BCUT2D eigenvalue weighted by molar-refractivity contribution is 5.87. The minimum absolute atomic E-state index is 0.237. The van der Waals surface area contributed by atoms with Gasteiger partial charge < -0.3 is 19.3 Å². The molecule has 0 unspecified atom stereocenters. The SMILES string of the molecule is C=C(C)C(=O)OC.C=C(CC)C(=O)OCCCCCC.C=C(O)C(=O)OCC. The Bertz CT molecular complexity index is 507. The zero-order valence-corrected chi connectivity index (χ0v) is 18.0. The van der Waals surface area contributed by atoms with E-state index >= 15 is 0 Å². The molecular formula is C21H36O7. The van der Waals surface area contributed by atoms with Crippen LogP contribution in [-0.4, -0.2) is 43.3 Å². The molecule has 0 amide bonds. The van der Waals surface area contributed by atoms with E-state index in [1.807, 2.05) is 6.92 Å². The summed E-state index contributed by atoms with van der Waals surface area (Å²) in [5.41, 5.74) is 0.998. The predicted molar refractivity (Wildman–Crippen MR) is 110 cm³/mol. The van der Waals surface area contributed by atoms with Gasteiger partial charge in [0, 0.05) is 11.1 Å². The summed E-state index contributed by atoms with van der Waals surface area (Å²) < 4.78 is 13.6. The van der Waals surface area contributed by atoms with Crippen molar-refractivity contribution in [3.05, 3.63) is 36.6 Å². The minimum atomic E-state index is -0.757. The van der Waals surface area contributed by atoms with Crippen molar-refractivity contribution in [2.24, 2.45) is 0 Å². The van der Waals surface area contributed by atoms with Crippen molar-refractivity contribution < 1.29 is 33.7 Å². The molecule has 1 N–H and O–H groups in total. The summed E-state index contributed by atoms with van der Waals surface area (Å²) in [5, 5.41) is 8.28. The third-order valence-electron chi connectivity index (χ3n) is 2.99. The fraction of sp³-hybridized carbons (Fsp3) is 0.571. The fourth-order valence-corrected chi connectivity index (χ4v) is 1.33. The smallest absolute Gasteiger partial charge is 0.372 e. The minimum Gasteiger partial charge on any atom is -0.502 e. The van der Waals surface area contributed by atoms with Gasteiger partial charge in [-0.1, -0.05) is 46.3 Å². The molecule has 162 valence electrons. The van der Waals surface area contributed by atoms with Crippen molar-refractivity contribution in [2.45, 2.75) is 59.8 Å². The number of hydrogen-bond donors (Lipinski definition) is 1. The lowest BCUT2D eigenvalue weighted by Gasteiger charge is -2.04. The van der Waals surface area contributed by atoms with Crippen molar-refractivity contribution in [1.82, 2.24) is 0 Å². The van der Waals surface area contributed by atoms with Gasteiger partial charge in [0.25, 0.3) is 0 Å². The molecule has 0 aliphatic carbocycles. The lowest BCUT2D eigenvalue weighted by molar-refractivity contribution is -0.141. The zero-order chi connectivity index (χ0) is 22.5. The van der Waals surface area contributed by atoms with Crippen molar-refractivity contribution in [3.63, 3.8) is 0 Å². The maximum Gasteiger partial charge on any atom is 0.372 e. The molecule has 0 radical (unpaired) electrons. The summed E-state index contributed by atoms with van der Waals surface area (Å²) in [4.78, 5) is 31.4. The van der Waals surface area contributed by atoms with E-state index in [9.17, 15) is 14.4 Å². The van der Waals surface area contributed by atoms with Crippen molar-refractivity contribution in [2.75, 3.05) is 20.3 Å². The van der Waals surface area contributed by atoms with Crippen LogP contribution in [0.25, 0.3) is 0 Å². The topological polar surface area (TPSA) is 99.1 Å². The lowest BCUT2D eigenvalue weighted by atomic mass is 10.2. The van der Waals surface area contributed by atoms with Crippen LogP contribution in [0.1, 0.15) is 59.8 Å². The number of methoxy groups -OCH3 is 1. The number of unbranched alkanes of at least 4 members (excludes halogenated alkanes) is 3. The maximum atomic E-state index is 11.1. The first-order chi connectivity index (χ1) is 13.1. The van der Waals surface area contributed by atoms with E-state index in [1.54, 1.807) is 13.8 Å². The van der Waals surface area contributed by atoms with Gasteiger partial charge in [-0.15, -0.1) is 0 Å². The highest BCUT2D eigenvalue weighted by atomic mass is 16.5. The van der Waals surface area contributed by atoms with E-state index in [0.717, 1.165) is 12.8 Å². The summed E-state index contributed by atoms with van der Waals surface area (Å²) in [7, 11) is 1.33. The van der Waals surface area contributed by atoms with Crippen LogP contribution in [-0.2, 0) is 28.6 Å². The average Bonchev–Trinajstić information content (AvgIpc) is 2.67. The van der Waals surface area contributed by atoms with Crippen molar-refractivity contribution in [1.29, 1.82) is 0 Å². The molecule has 0 bridgehead atoms. The summed E-state index contributed by atoms with van der Waals surface area (Å²) >= 11 is 0. The Balaban J connectivity index is -0.000000359. The number of rotatable bonds is 10. The quantitative estimate of drug-likeness (QED) is 0.190. The Morgan fingerprint density at radius 2 is 1.43 bits per heavy atom. The van der Waals surface area contributed by atoms with Crippen LogP contribution in [0.3, 0.4) is 0 Å². The molecule has 0 aromatic carbocycles. The lowest BCUT2D eigenvalue weighted by Crippen LogP contribution is -2.07. The summed E-state index contributed by atoms with van der Waals surface area (Å²) in [5.74, 6) is -1.89. The zero-order valence-electron chi connectivity index (χ0n) is 18.0. The van der Waals surface area contributed by atoms with Crippen LogP contribution < -0.4 is 0 Å². The van der Waals surface area contributed by atoms with Crippen LogP contribution in [0.15, 0.2) is 36.6 Å². The molecule has 0 heterocycles. The van der Waals surface area contributed by atoms with Gasteiger partial charge >= 0.3 is 17.9 Å². The van der Waals surface area contributed by atoms with E-state index in [0.29, 0.717) is 24.2 Å². The highest BCUT2D eigenvalue weighted by Gasteiger charge is 2.04. The molecule has 0 rings (SSSR count). The first kappa shape index (κ1) is 30.2. The molecule has 0 aliphatic rings. The Kier molecular flexibility index (Phi) is 22.3.